The monoisotopic (exact) mass is 423 g/mol. The first kappa shape index (κ1) is 20.6. The van der Waals surface area contributed by atoms with Crippen LogP contribution in [-0.2, 0) is 19.6 Å². The van der Waals surface area contributed by atoms with E-state index < -0.39 is 10.0 Å². The van der Waals surface area contributed by atoms with Gasteiger partial charge in [0.2, 0.25) is 10.0 Å². The number of amides is 1. The summed E-state index contributed by atoms with van der Waals surface area (Å²) in [5.74, 6) is 0.744. The molecule has 9 heteroatoms. The minimum absolute atomic E-state index is 0.0932. The molecule has 0 aliphatic carbocycles. The lowest BCUT2D eigenvalue weighted by Crippen LogP contribution is -2.41. The van der Waals surface area contributed by atoms with Crippen LogP contribution in [0, 0.1) is 12.8 Å². The number of carbonyl (C=O) groups is 1. The molecule has 1 aromatic rings. The molecule has 0 aromatic heterocycles. The van der Waals surface area contributed by atoms with Gasteiger partial charge in [0.25, 0.3) is 5.91 Å². The second-order valence-electron chi connectivity index (χ2n) is 8.04. The summed E-state index contributed by atoms with van der Waals surface area (Å²) in [5, 5.41) is 2.72. The Bertz CT molecular complexity index is 859. The standard InChI is InChI=1S/C20H29N3O5S/c1-15-12-17-18(28-14-20(24)21-17)13-19(15)29(25,26)23-6-3-16(4-7-23)2-5-22-8-10-27-11-9-22/h12-13,16H,2-11,14H2,1H3,(H,21,24). The summed E-state index contributed by atoms with van der Waals surface area (Å²) in [7, 11) is -3.58. The van der Waals surface area contributed by atoms with Gasteiger partial charge in [0.15, 0.2) is 6.61 Å². The molecule has 1 N–H and O–H groups in total. The zero-order chi connectivity index (χ0) is 20.4. The van der Waals surface area contributed by atoms with Gasteiger partial charge >= 0.3 is 0 Å². The number of benzene rings is 1. The van der Waals surface area contributed by atoms with E-state index in [0.29, 0.717) is 36.0 Å². The zero-order valence-electron chi connectivity index (χ0n) is 16.9. The topological polar surface area (TPSA) is 88.2 Å². The Labute approximate surface area is 172 Å². The highest BCUT2D eigenvalue weighted by atomic mass is 32.2. The van der Waals surface area contributed by atoms with Crippen LogP contribution in [0.4, 0.5) is 5.69 Å². The van der Waals surface area contributed by atoms with Crippen molar-refractivity contribution in [3.63, 3.8) is 0 Å². The summed E-state index contributed by atoms with van der Waals surface area (Å²) < 4.78 is 38.9. The van der Waals surface area contributed by atoms with Crippen molar-refractivity contribution in [3.8, 4) is 5.75 Å². The Morgan fingerprint density at radius 3 is 2.59 bits per heavy atom. The first-order valence-electron chi connectivity index (χ1n) is 10.3. The smallest absolute Gasteiger partial charge is 0.262 e. The summed E-state index contributed by atoms with van der Waals surface area (Å²) in [6.45, 7) is 7.42. The van der Waals surface area contributed by atoms with Crippen molar-refractivity contribution in [1.29, 1.82) is 0 Å². The fraction of sp³-hybridized carbons (Fsp3) is 0.650. The number of anilines is 1. The maximum atomic E-state index is 13.2. The van der Waals surface area contributed by atoms with Crippen LogP contribution in [-0.4, -0.2) is 76.1 Å². The lowest BCUT2D eigenvalue weighted by atomic mass is 9.94. The minimum Gasteiger partial charge on any atom is -0.482 e. The van der Waals surface area contributed by atoms with Crippen LogP contribution in [0.15, 0.2) is 17.0 Å². The number of sulfonamides is 1. The number of nitrogens with zero attached hydrogens (tertiary/aromatic N) is 2. The number of hydrogen-bond donors (Lipinski definition) is 1. The van der Waals surface area contributed by atoms with Crippen molar-refractivity contribution in [1.82, 2.24) is 9.21 Å². The quantitative estimate of drug-likeness (QED) is 0.771. The third kappa shape index (κ3) is 4.58. The molecule has 2 saturated heterocycles. The third-order valence-corrected chi connectivity index (χ3v) is 8.10. The summed E-state index contributed by atoms with van der Waals surface area (Å²) in [5.41, 5.74) is 1.14. The van der Waals surface area contributed by atoms with E-state index in [1.807, 2.05) is 0 Å². The van der Waals surface area contributed by atoms with E-state index in [0.717, 1.165) is 52.1 Å². The predicted octanol–water partition coefficient (Wildman–Crippen LogP) is 1.45. The maximum Gasteiger partial charge on any atom is 0.262 e. The van der Waals surface area contributed by atoms with Crippen LogP contribution in [0.5, 0.6) is 5.75 Å². The number of fused-ring (bicyclic) bond motifs is 1. The van der Waals surface area contributed by atoms with Gasteiger partial charge in [0.1, 0.15) is 5.75 Å². The summed E-state index contributed by atoms with van der Waals surface area (Å²) >= 11 is 0. The summed E-state index contributed by atoms with van der Waals surface area (Å²) in [4.78, 5) is 14.2. The molecule has 0 atom stereocenters. The predicted molar refractivity (Wildman–Crippen MR) is 109 cm³/mol. The molecule has 0 radical (unpaired) electrons. The highest BCUT2D eigenvalue weighted by Gasteiger charge is 2.32. The molecule has 3 aliphatic rings. The Balaban J connectivity index is 1.38. The number of hydrogen-bond acceptors (Lipinski definition) is 6. The fourth-order valence-corrected chi connectivity index (χ4v) is 5.95. The van der Waals surface area contributed by atoms with Crippen molar-refractivity contribution >= 4 is 21.6 Å². The van der Waals surface area contributed by atoms with E-state index in [9.17, 15) is 13.2 Å². The van der Waals surface area contributed by atoms with Crippen LogP contribution in [0.1, 0.15) is 24.8 Å². The minimum atomic E-state index is -3.58. The second-order valence-corrected chi connectivity index (χ2v) is 9.95. The molecule has 160 valence electrons. The number of aryl methyl sites for hydroxylation is 1. The number of piperidine rings is 1. The van der Waals surface area contributed by atoms with Crippen LogP contribution in [0.25, 0.3) is 0 Å². The van der Waals surface area contributed by atoms with Gasteiger partial charge in [-0.05, 0) is 50.3 Å². The Kier molecular flexibility index (Phi) is 6.10. The zero-order valence-corrected chi connectivity index (χ0v) is 17.7. The molecular weight excluding hydrogens is 394 g/mol. The fourth-order valence-electron chi connectivity index (χ4n) is 4.26. The SMILES string of the molecule is Cc1cc2c(cc1S(=O)(=O)N1CCC(CCN3CCOCC3)CC1)OCC(=O)N2. The largest absolute Gasteiger partial charge is 0.482 e. The summed E-state index contributed by atoms with van der Waals surface area (Å²) in [6.07, 6.45) is 2.89. The molecule has 3 heterocycles. The molecule has 4 rings (SSSR count). The maximum absolute atomic E-state index is 13.2. The average Bonchev–Trinajstić information content (AvgIpc) is 2.72. The molecular formula is C20H29N3O5S. The molecule has 0 unspecified atom stereocenters. The first-order valence-corrected chi connectivity index (χ1v) is 11.7. The van der Waals surface area contributed by atoms with Gasteiger partial charge in [0.05, 0.1) is 23.8 Å². The van der Waals surface area contributed by atoms with E-state index in [-0.39, 0.29) is 17.4 Å². The second kappa shape index (κ2) is 8.59. The van der Waals surface area contributed by atoms with Crippen molar-refractivity contribution < 1.29 is 22.7 Å². The van der Waals surface area contributed by atoms with Gasteiger partial charge in [-0.3, -0.25) is 9.69 Å². The van der Waals surface area contributed by atoms with Crippen molar-refractivity contribution in [2.45, 2.75) is 31.1 Å². The number of carbonyl (C=O) groups excluding carboxylic acids is 1. The number of morpholine rings is 1. The molecule has 0 bridgehead atoms. The molecule has 1 aromatic carbocycles. The molecule has 1 amide bonds. The molecule has 0 spiro atoms. The Morgan fingerprint density at radius 1 is 1.14 bits per heavy atom. The van der Waals surface area contributed by atoms with Crippen molar-refractivity contribution in [3.05, 3.63) is 17.7 Å². The van der Waals surface area contributed by atoms with Gasteiger partial charge in [-0.2, -0.15) is 4.31 Å². The molecule has 3 aliphatic heterocycles. The van der Waals surface area contributed by atoms with E-state index in [1.54, 1.807) is 23.4 Å². The van der Waals surface area contributed by atoms with E-state index in [2.05, 4.69) is 10.2 Å². The van der Waals surface area contributed by atoms with Gasteiger partial charge < -0.3 is 14.8 Å². The number of rotatable bonds is 5. The van der Waals surface area contributed by atoms with E-state index >= 15 is 0 Å². The van der Waals surface area contributed by atoms with Gasteiger partial charge in [-0.1, -0.05) is 0 Å². The lowest BCUT2D eigenvalue weighted by molar-refractivity contribution is -0.118. The van der Waals surface area contributed by atoms with Crippen LogP contribution >= 0.6 is 0 Å². The van der Waals surface area contributed by atoms with Crippen LogP contribution in [0.3, 0.4) is 0 Å². The molecule has 2 fully saturated rings. The Hall–Kier alpha value is -1.68. The van der Waals surface area contributed by atoms with Crippen LogP contribution in [0.2, 0.25) is 0 Å². The van der Waals surface area contributed by atoms with E-state index in [1.165, 1.54) is 0 Å². The normalized spacial score (nSPS) is 22.0. The van der Waals surface area contributed by atoms with Gasteiger partial charge in [-0.15, -0.1) is 0 Å². The number of ether oxygens (including phenoxy) is 2. The van der Waals surface area contributed by atoms with Gasteiger partial charge in [0, 0.05) is 32.2 Å². The number of nitrogens with one attached hydrogen (secondary N) is 1. The highest BCUT2D eigenvalue weighted by molar-refractivity contribution is 7.89. The van der Waals surface area contributed by atoms with Crippen molar-refractivity contribution in [2.75, 3.05) is 57.9 Å². The van der Waals surface area contributed by atoms with E-state index in [4.69, 9.17) is 9.47 Å². The first-order chi connectivity index (χ1) is 13.9. The Morgan fingerprint density at radius 2 is 1.86 bits per heavy atom. The molecule has 8 nitrogen and oxygen atoms in total. The van der Waals surface area contributed by atoms with Crippen molar-refractivity contribution in [2.24, 2.45) is 5.92 Å². The molecule has 29 heavy (non-hydrogen) atoms. The summed E-state index contributed by atoms with van der Waals surface area (Å²) in [6, 6.07) is 3.22. The molecule has 0 saturated carbocycles. The highest BCUT2D eigenvalue weighted by Crippen LogP contribution is 2.35. The lowest BCUT2D eigenvalue weighted by Gasteiger charge is -2.33. The average molecular weight is 424 g/mol. The van der Waals surface area contributed by atoms with Crippen LogP contribution < -0.4 is 10.1 Å². The van der Waals surface area contributed by atoms with Gasteiger partial charge in [-0.25, -0.2) is 8.42 Å². The third-order valence-electron chi connectivity index (χ3n) is 6.06.